The number of hydrogen-bond acceptors (Lipinski definition) is 4. The van der Waals surface area contributed by atoms with E-state index in [-0.39, 0.29) is 5.84 Å². The number of fused-ring (bicyclic) bond motifs is 1. The molecule has 0 unspecified atom stereocenters. The molecular weight excluding hydrogens is 300 g/mol. The molecule has 0 bridgehead atoms. The van der Waals surface area contributed by atoms with Crippen LogP contribution in [0.5, 0.6) is 0 Å². The predicted molar refractivity (Wildman–Crippen MR) is 98.8 cm³/mol. The van der Waals surface area contributed by atoms with Crippen molar-refractivity contribution in [2.45, 2.75) is 6.92 Å². The average Bonchev–Trinajstić information content (AvgIpc) is 2.60. The third-order valence-corrected chi connectivity index (χ3v) is 3.87. The predicted octanol–water partition coefficient (Wildman–Crippen LogP) is 3.39. The topological polar surface area (TPSA) is 97.5 Å². The fourth-order valence-electron chi connectivity index (χ4n) is 2.54. The Kier molecular flexibility index (Phi) is 4.16. The molecule has 0 aliphatic rings. The van der Waals surface area contributed by atoms with E-state index < -0.39 is 0 Å². The zero-order valence-electron chi connectivity index (χ0n) is 13.3. The van der Waals surface area contributed by atoms with Gasteiger partial charge in [0.05, 0.1) is 0 Å². The number of hydrogen-bond donors (Lipinski definition) is 3. The smallest absolute Gasteiger partial charge is 0.170 e. The lowest BCUT2D eigenvalue weighted by atomic mass is 10.0. The maximum absolute atomic E-state index is 8.69. The quantitative estimate of drug-likeness (QED) is 0.298. The Morgan fingerprint density at radius 3 is 2.58 bits per heavy atom. The highest BCUT2D eigenvalue weighted by molar-refractivity contribution is 5.98. The van der Waals surface area contributed by atoms with Crippen LogP contribution >= 0.6 is 0 Å². The molecular formula is C19H18N4O. The van der Waals surface area contributed by atoms with E-state index in [0.29, 0.717) is 11.4 Å². The number of aryl methyl sites for hydroxylation is 1. The van der Waals surface area contributed by atoms with Crippen LogP contribution in [0.15, 0.2) is 53.8 Å². The Bertz CT molecular complexity index is 938. The van der Waals surface area contributed by atoms with E-state index in [2.05, 4.69) is 29.2 Å². The molecule has 1 aromatic heterocycles. The summed E-state index contributed by atoms with van der Waals surface area (Å²) >= 11 is 0. The molecule has 0 amide bonds. The molecule has 0 fully saturated rings. The van der Waals surface area contributed by atoms with Crippen LogP contribution in [0.2, 0.25) is 0 Å². The maximum atomic E-state index is 8.69. The van der Waals surface area contributed by atoms with E-state index in [4.69, 9.17) is 16.7 Å². The van der Waals surface area contributed by atoms with E-state index >= 15 is 0 Å². The van der Waals surface area contributed by atoms with Gasteiger partial charge < -0.3 is 16.7 Å². The first kappa shape index (κ1) is 15.6. The first-order chi connectivity index (χ1) is 11.6. The van der Waals surface area contributed by atoms with Crippen molar-refractivity contribution < 1.29 is 5.21 Å². The summed E-state index contributed by atoms with van der Waals surface area (Å²) in [5.41, 5.74) is 15.3. The van der Waals surface area contributed by atoms with E-state index in [1.165, 1.54) is 5.56 Å². The third kappa shape index (κ3) is 3.05. The number of benzene rings is 2. The number of amidine groups is 1. The van der Waals surface area contributed by atoms with Crippen LogP contribution in [0.25, 0.3) is 22.9 Å². The molecule has 0 radical (unpaired) electrons. The molecule has 1 heterocycles. The number of oxime groups is 1. The standard InChI is InChI=1S/C19H18N4O/c1-12-2-6-15-11-22-19(21)16(17(15)10-12)9-5-13-3-7-14(8-4-13)18(20)23-24/h2-11,24H,1H3,(H2,20,23)(H2,21,22)/b9-5+. The molecule has 5 heteroatoms. The number of aromatic nitrogens is 1. The van der Waals surface area contributed by atoms with Crippen LogP contribution in [0.1, 0.15) is 22.3 Å². The molecule has 5 nitrogen and oxygen atoms in total. The van der Waals surface area contributed by atoms with E-state index in [1.54, 1.807) is 18.3 Å². The van der Waals surface area contributed by atoms with Crippen molar-refractivity contribution in [1.29, 1.82) is 0 Å². The summed E-state index contributed by atoms with van der Waals surface area (Å²) in [6.07, 6.45) is 5.71. The number of nitrogens with zero attached hydrogens (tertiary/aromatic N) is 2. The maximum Gasteiger partial charge on any atom is 0.170 e. The summed E-state index contributed by atoms with van der Waals surface area (Å²) in [6, 6.07) is 13.6. The van der Waals surface area contributed by atoms with E-state index in [1.807, 2.05) is 30.4 Å². The Hall–Kier alpha value is -3.34. The average molecular weight is 318 g/mol. The van der Waals surface area contributed by atoms with Crippen molar-refractivity contribution in [3.8, 4) is 0 Å². The Morgan fingerprint density at radius 1 is 1.12 bits per heavy atom. The highest BCUT2D eigenvalue weighted by Gasteiger charge is 2.04. The zero-order chi connectivity index (χ0) is 17.1. The van der Waals surface area contributed by atoms with Gasteiger partial charge in [-0.3, -0.25) is 0 Å². The minimum Gasteiger partial charge on any atom is -0.409 e. The molecule has 3 rings (SSSR count). The Balaban J connectivity index is 1.98. The third-order valence-electron chi connectivity index (χ3n) is 3.87. The second-order valence-corrected chi connectivity index (χ2v) is 5.59. The monoisotopic (exact) mass is 318 g/mol. The second-order valence-electron chi connectivity index (χ2n) is 5.59. The summed E-state index contributed by atoms with van der Waals surface area (Å²) in [5, 5.41) is 13.8. The van der Waals surface area contributed by atoms with Crippen LogP contribution in [-0.2, 0) is 0 Å². The van der Waals surface area contributed by atoms with Gasteiger partial charge in [-0.1, -0.05) is 65.3 Å². The summed E-state index contributed by atoms with van der Waals surface area (Å²) in [4.78, 5) is 4.26. The minimum atomic E-state index is 0.0866. The van der Waals surface area contributed by atoms with Gasteiger partial charge in [0.1, 0.15) is 5.82 Å². The summed E-state index contributed by atoms with van der Waals surface area (Å²) in [7, 11) is 0. The lowest BCUT2D eigenvalue weighted by molar-refractivity contribution is 0.318. The number of pyridine rings is 1. The van der Waals surface area contributed by atoms with Crippen molar-refractivity contribution >= 4 is 34.6 Å². The van der Waals surface area contributed by atoms with Crippen molar-refractivity contribution in [3.05, 3.63) is 70.9 Å². The van der Waals surface area contributed by atoms with Crippen molar-refractivity contribution in [2.75, 3.05) is 5.73 Å². The van der Waals surface area contributed by atoms with Gasteiger partial charge >= 0.3 is 0 Å². The number of rotatable bonds is 3. The fourth-order valence-corrected chi connectivity index (χ4v) is 2.54. The number of nitrogen functional groups attached to an aromatic ring is 1. The normalized spacial score (nSPS) is 12.1. The van der Waals surface area contributed by atoms with Gasteiger partial charge in [-0.2, -0.15) is 0 Å². The lowest BCUT2D eigenvalue weighted by Gasteiger charge is -2.06. The van der Waals surface area contributed by atoms with Gasteiger partial charge in [-0.15, -0.1) is 0 Å². The first-order valence-electron chi connectivity index (χ1n) is 7.49. The molecule has 2 aromatic carbocycles. The lowest BCUT2D eigenvalue weighted by Crippen LogP contribution is -2.12. The van der Waals surface area contributed by atoms with Gasteiger partial charge in [0, 0.05) is 22.7 Å². The molecule has 0 saturated heterocycles. The zero-order valence-corrected chi connectivity index (χ0v) is 13.3. The molecule has 0 atom stereocenters. The van der Waals surface area contributed by atoms with Crippen LogP contribution in [0.4, 0.5) is 5.82 Å². The SMILES string of the molecule is Cc1ccc2cnc(N)c(/C=C/c3ccc(C(N)=NO)cc3)c2c1. The molecule has 0 spiro atoms. The molecule has 3 aromatic rings. The molecule has 24 heavy (non-hydrogen) atoms. The van der Waals surface area contributed by atoms with Crippen LogP contribution < -0.4 is 11.5 Å². The van der Waals surface area contributed by atoms with Crippen LogP contribution in [0, 0.1) is 6.92 Å². The fraction of sp³-hybridized carbons (Fsp3) is 0.0526. The molecule has 0 aliphatic heterocycles. The van der Waals surface area contributed by atoms with Gasteiger partial charge in [0.2, 0.25) is 0 Å². The Labute approximate surface area is 139 Å². The van der Waals surface area contributed by atoms with Crippen molar-refractivity contribution in [3.63, 3.8) is 0 Å². The van der Waals surface area contributed by atoms with Gasteiger partial charge in [-0.05, 0) is 17.9 Å². The summed E-state index contributed by atoms with van der Waals surface area (Å²) in [6.45, 7) is 2.05. The highest BCUT2D eigenvalue weighted by Crippen LogP contribution is 2.25. The van der Waals surface area contributed by atoms with Crippen LogP contribution in [-0.4, -0.2) is 16.0 Å². The van der Waals surface area contributed by atoms with Gasteiger partial charge in [0.15, 0.2) is 5.84 Å². The van der Waals surface area contributed by atoms with Crippen molar-refractivity contribution in [1.82, 2.24) is 4.98 Å². The van der Waals surface area contributed by atoms with E-state index in [0.717, 1.165) is 21.9 Å². The number of nitrogens with two attached hydrogens (primary N) is 2. The molecule has 0 saturated carbocycles. The molecule has 0 aliphatic carbocycles. The highest BCUT2D eigenvalue weighted by atomic mass is 16.4. The first-order valence-corrected chi connectivity index (χ1v) is 7.49. The van der Waals surface area contributed by atoms with Crippen LogP contribution in [0.3, 0.4) is 0 Å². The van der Waals surface area contributed by atoms with Crippen molar-refractivity contribution in [2.24, 2.45) is 10.9 Å². The Morgan fingerprint density at radius 2 is 1.88 bits per heavy atom. The summed E-state index contributed by atoms with van der Waals surface area (Å²) in [5.74, 6) is 0.584. The van der Waals surface area contributed by atoms with Gasteiger partial charge in [0.25, 0.3) is 0 Å². The summed E-state index contributed by atoms with van der Waals surface area (Å²) < 4.78 is 0. The second kappa shape index (κ2) is 6.42. The van der Waals surface area contributed by atoms with Gasteiger partial charge in [-0.25, -0.2) is 4.98 Å². The number of anilines is 1. The minimum absolute atomic E-state index is 0.0866. The van der Waals surface area contributed by atoms with E-state index in [9.17, 15) is 0 Å². The largest absolute Gasteiger partial charge is 0.409 e. The molecule has 120 valence electrons. The molecule has 5 N–H and O–H groups in total.